The van der Waals surface area contributed by atoms with Gasteiger partial charge in [-0.05, 0) is 23.7 Å². The molecule has 1 aliphatic heterocycles. The van der Waals surface area contributed by atoms with E-state index in [1.165, 1.54) is 4.90 Å². The summed E-state index contributed by atoms with van der Waals surface area (Å²) in [5.74, 6) is 0. The van der Waals surface area contributed by atoms with Gasteiger partial charge in [-0.25, -0.2) is 0 Å². The van der Waals surface area contributed by atoms with Crippen LogP contribution in [-0.2, 0) is 0 Å². The van der Waals surface area contributed by atoms with E-state index in [4.69, 9.17) is 17.3 Å². The van der Waals surface area contributed by atoms with E-state index in [1.54, 1.807) is 6.07 Å². The predicted octanol–water partition coefficient (Wildman–Crippen LogP) is -0.704. The molecule has 0 radical (unpaired) electrons. The molecule has 7 nitrogen and oxygen atoms in total. The van der Waals surface area contributed by atoms with Crippen molar-refractivity contribution < 1.29 is 25.5 Å². The maximum atomic E-state index is 10.7. The van der Waals surface area contributed by atoms with E-state index < -0.39 is 37.2 Å². The highest BCUT2D eigenvalue weighted by atomic mass is 32.1. The van der Waals surface area contributed by atoms with E-state index in [2.05, 4.69) is 5.32 Å². The summed E-state index contributed by atoms with van der Waals surface area (Å²) in [6.45, 7) is -0.710. The molecule has 5 atom stereocenters. The van der Waals surface area contributed by atoms with E-state index in [0.29, 0.717) is 5.69 Å². The van der Waals surface area contributed by atoms with Crippen molar-refractivity contribution in [3.63, 3.8) is 0 Å². The number of hydrogen-bond acceptors (Lipinski definition) is 6. The number of nitrogens with one attached hydrogen (secondary N) is 1. The van der Waals surface area contributed by atoms with Crippen LogP contribution >= 0.6 is 12.2 Å². The van der Waals surface area contributed by atoms with Gasteiger partial charge in [0, 0.05) is 5.39 Å². The lowest BCUT2D eigenvalue weighted by Crippen LogP contribution is -2.53. The van der Waals surface area contributed by atoms with Crippen molar-refractivity contribution in [1.82, 2.24) is 5.32 Å². The van der Waals surface area contributed by atoms with Crippen molar-refractivity contribution in [1.29, 1.82) is 0 Å². The Bertz CT molecular complexity index is 768. The SMILES string of the molecule is OC[C@@H](O)[C@@H](O)[C@H](O)[C@H]1NC(=S)N(c2cccc3ccccc23)[C@@H]1O. The van der Waals surface area contributed by atoms with Gasteiger partial charge in [-0.3, -0.25) is 4.90 Å². The van der Waals surface area contributed by atoms with Gasteiger partial charge in [-0.15, -0.1) is 0 Å². The van der Waals surface area contributed by atoms with E-state index in [0.717, 1.165) is 10.8 Å². The van der Waals surface area contributed by atoms with Gasteiger partial charge in [0.2, 0.25) is 0 Å². The number of aliphatic hydroxyl groups is 5. The third kappa shape index (κ3) is 3.20. The topological polar surface area (TPSA) is 116 Å². The van der Waals surface area contributed by atoms with Crippen molar-refractivity contribution in [2.45, 2.75) is 30.6 Å². The van der Waals surface area contributed by atoms with Gasteiger partial charge < -0.3 is 30.8 Å². The quantitative estimate of drug-likeness (QED) is 0.386. The fourth-order valence-electron chi connectivity index (χ4n) is 3.05. The van der Waals surface area contributed by atoms with Crippen LogP contribution in [0.25, 0.3) is 10.8 Å². The smallest absolute Gasteiger partial charge is 0.176 e. The van der Waals surface area contributed by atoms with E-state index in [-0.39, 0.29) is 5.11 Å². The molecule has 0 aromatic heterocycles. The molecule has 0 spiro atoms. The summed E-state index contributed by atoms with van der Waals surface area (Å²) in [5.41, 5.74) is 0.662. The molecule has 0 saturated carbocycles. The number of benzene rings is 2. The van der Waals surface area contributed by atoms with Crippen LogP contribution in [0.2, 0.25) is 0 Å². The molecule has 0 bridgehead atoms. The Labute approximate surface area is 149 Å². The monoisotopic (exact) mass is 364 g/mol. The Morgan fingerprint density at radius 1 is 1.08 bits per heavy atom. The molecule has 0 unspecified atom stereocenters. The molecule has 134 valence electrons. The summed E-state index contributed by atoms with van der Waals surface area (Å²) in [4.78, 5) is 1.46. The summed E-state index contributed by atoms with van der Waals surface area (Å²) < 4.78 is 0. The van der Waals surface area contributed by atoms with Crippen LogP contribution in [-0.4, -0.2) is 67.8 Å². The molecular weight excluding hydrogens is 344 g/mol. The van der Waals surface area contributed by atoms with Crippen molar-refractivity contribution in [2.75, 3.05) is 11.5 Å². The van der Waals surface area contributed by atoms with Gasteiger partial charge >= 0.3 is 0 Å². The van der Waals surface area contributed by atoms with Crippen LogP contribution in [0.4, 0.5) is 5.69 Å². The molecule has 0 aliphatic carbocycles. The Balaban J connectivity index is 1.92. The van der Waals surface area contributed by atoms with Crippen LogP contribution < -0.4 is 10.2 Å². The number of anilines is 1. The fraction of sp³-hybridized carbons (Fsp3) is 0.353. The van der Waals surface area contributed by atoms with Gasteiger partial charge in [0.25, 0.3) is 0 Å². The summed E-state index contributed by atoms with van der Waals surface area (Å²) >= 11 is 5.29. The zero-order chi connectivity index (χ0) is 18.1. The molecule has 25 heavy (non-hydrogen) atoms. The highest BCUT2D eigenvalue weighted by Crippen LogP contribution is 2.31. The molecule has 3 rings (SSSR count). The minimum Gasteiger partial charge on any atom is -0.394 e. The fourth-order valence-corrected chi connectivity index (χ4v) is 3.39. The maximum Gasteiger partial charge on any atom is 0.176 e. The van der Waals surface area contributed by atoms with Gasteiger partial charge in [0.05, 0.1) is 12.3 Å². The minimum atomic E-state index is -1.63. The van der Waals surface area contributed by atoms with Gasteiger partial charge in [0.1, 0.15) is 24.4 Å². The zero-order valence-electron chi connectivity index (χ0n) is 13.2. The number of thiocarbonyl (C=S) groups is 1. The van der Waals surface area contributed by atoms with E-state index in [1.807, 2.05) is 36.4 Å². The molecule has 2 aromatic carbocycles. The molecule has 0 amide bonds. The third-order valence-electron chi connectivity index (χ3n) is 4.42. The normalized spacial score (nSPS) is 24.2. The standard InChI is InChI=1S/C17H20N2O5S/c20-8-12(21)14(22)15(23)13-16(24)19(17(25)18-13)11-7-3-5-9-4-1-2-6-10(9)11/h1-7,12-16,20-24H,8H2,(H,18,25)/t12-,13-,14-,15-,16-/m1/s1. The van der Waals surface area contributed by atoms with Crippen LogP contribution in [0, 0.1) is 0 Å². The summed E-state index contributed by atoms with van der Waals surface area (Å²) in [7, 11) is 0. The second-order valence-electron chi connectivity index (χ2n) is 5.99. The summed E-state index contributed by atoms with van der Waals surface area (Å²) in [5, 5.41) is 54.1. The Hall–Kier alpha value is -1.81. The first-order chi connectivity index (χ1) is 12.0. The number of fused-ring (bicyclic) bond motifs is 1. The van der Waals surface area contributed by atoms with Crippen molar-refractivity contribution in [3.05, 3.63) is 42.5 Å². The Morgan fingerprint density at radius 2 is 1.76 bits per heavy atom. The average Bonchev–Trinajstić information content (AvgIpc) is 2.93. The minimum absolute atomic E-state index is 0.193. The second kappa shape index (κ2) is 7.20. The molecule has 8 heteroatoms. The zero-order valence-corrected chi connectivity index (χ0v) is 14.0. The lowest BCUT2D eigenvalue weighted by Gasteiger charge is -2.29. The van der Waals surface area contributed by atoms with E-state index >= 15 is 0 Å². The number of hydrogen-bond donors (Lipinski definition) is 6. The third-order valence-corrected chi connectivity index (χ3v) is 4.73. The number of rotatable bonds is 5. The van der Waals surface area contributed by atoms with Crippen molar-refractivity contribution in [2.24, 2.45) is 0 Å². The predicted molar refractivity (Wildman–Crippen MR) is 97.1 cm³/mol. The lowest BCUT2D eigenvalue weighted by molar-refractivity contribution is -0.0946. The number of aliphatic hydroxyl groups excluding tert-OH is 5. The lowest BCUT2D eigenvalue weighted by atomic mass is 10.00. The Kier molecular flexibility index (Phi) is 5.19. The molecule has 2 aromatic rings. The van der Waals surface area contributed by atoms with Crippen LogP contribution in [0.15, 0.2) is 42.5 Å². The summed E-state index contributed by atoms with van der Waals surface area (Å²) in [6, 6.07) is 12.2. The highest BCUT2D eigenvalue weighted by Gasteiger charge is 2.44. The molecule has 1 aliphatic rings. The van der Waals surface area contributed by atoms with Gasteiger partial charge in [-0.1, -0.05) is 36.4 Å². The van der Waals surface area contributed by atoms with Crippen molar-refractivity contribution in [3.8, 4) is 0 Å². The molecule has 6 N–H and O–H groups in total. The first kappa shape index (κ1) is 18.0. The number of nitrogens with zero attached hydrogens (tertiary/aromatic N) is 1. The maximum absolute atomic E-state index is 10.7. The Morgan fingerprint density at radius 3 is 2.48 bits per heavy atom. The van der Waals surface area contributed by atoms with Gasteiger partial charge in [-0.2, -0.15) is 0 Å². The van der Waals surface area contributed by atoms with Gasteiger partial charge in [0.15, 0.2) is 11.3 Å². The van der Waals surface area contributed by atoms with Crippen LogP contribution in [0.3, 0.4) is 0 Å². The first-order valence-electron chi connectivity index (χ1n) is 7.86. The largest absolute Gasteiger partial charge is 0.394 e. The van der Waals surface area contributed by atoms with Crippen LogP contribution in [0.5, 0.6) is 0 Å². The molecule has 1 heterocycles. The van der Waals surface area contributed by atoms with Crippen LogP contribution in [0.1, 0.15) is 0 Å². The molecule has 1 saturated heterocycles. The molecule has 1 fully saturated rings. The highest BCUT2D eigenvalue weighted by molar-refractivity contribution is 7.80. The average molecular weight is 364 g/mol. The van der Waals surface area contributed by atoms with E-state index in [9.17, 15) is 20.4 Å². The van der Waals surface area contributed by atoms with Crippen molar-refractivity contribution >= 4 is 33.8 Å². The molecular formula is C17H20N2O5S. The first-order valence-corrected chi connectivity index (χ1v) is 8.27. The summed E-state index contributed by atoms with van der Waals surface area (Å²) in [6.07, 6.45) is -5.94. The second-order valence-corrected chi connectivity index (χ2v) is 6.37.